The van der Waals surface area contributed by atoms with Crippen LogP contribution in [0.3, 0.4) is 0 Å². The van der Waals surface area contributed by atoms with E-state index < -0.39 is 0 Å². The van der Waals surface area contributed by atoms with Gasteiger partial charge in [0.15, 0.2) is 0 Å². The second-order valence-corrected chi connectivity index (χ2v) is 7.65. The Morgan fingerprint density at radius 1 is 1.26 bits per heavy atom. The molecule has 4 heterocycles. The molecule has 0 saturated carbocycles. The van der Waals surface area contributed by atoms with Crippen molar-refractivity contribution < 1.29 is 4.79 Å². The molecule has 2 aliphatic heterocycles. The SMILES string of the molecule is CC(C)N1CCC2(CN(C(=O)c3cn4cc(Cl)ccc4n3)C2)C1. The molecule has 4 rings (SSSR count). The molecule has 2 saturated heterocycles. The summed E-state index contributed by atoms with van der Waals surface area (Å²) in [4.78, 5) is 21.5. The zero-order chi connectivity index (χ0) is 16.2. The molecule has 2 fully saturated rings. The van der Waals surface area contributed by atoms with Crippen molar-refractivity contribution in [2.24, 2.45) is 5.41 Å². The molecule has 122 valence electrons. The Morgan fingerprint density at radius 3 is 2.74 bits per heavy atom. The van der Waals surface area contributed by atoms with Gasteiger partial charge in [-0.2, -0.15) is 0 Å². The topological polar surface area (TPSA) is 40.9 Å². The first-order valence-electron chi connectivity index (χ1n) is 8.13. The summed E-state index contributed by atoms with van der Waals surface area (Å²) in [5.41, 5.74) is 1.56. The van der Waals surface area contributed by atoms with Gasteiger partial charge in [0.1, 0.15) is 11.3 Å². The maximum absolute atomic E-state index is 12.6. The van der Waals surface area contributed by atoms with Crippen LogP contribution in [-0.2, 0) is 0 Å². The van der Waals surface area contributed by atoms with Gasteiger partial charge in [0, 0.05) is 43.5 Å². The third-order valence-electron chi connectivity index (χ3n) is 5.17. The molecule has 0 aromatic carbocycles. The first kappa shape index (κ1) is 15.0. The fourth-order valence-electron chi connectivity index (χ4n) is 3.81. The highest BCUT2D eigenvalue weighted by Gasteiger charge is 2.49. The van der Waals surface area contributed by atoms with E-state index in [1.165, 1.54) is 6.42 Å². The second kappa shape index (κ2) is 5.21. The van der Waals surface area contributed by atoms with Gasteiger partial charge in [-0.25, -0.2) is 4.98 Å². The zero-order valence-electron chi connectivity index (χ0n) is 13.5. The van der Waals surface area contributed by atoms with Gasteiger partial charge in [-0.05, 0) is 38.9 Å². The van der Waals surface area contributed by atoms with Crippen LogP contribution >= 0.6 is 11.6 Å². The number of hydrogen-bond acceptors (Lipinski definition) is 3. The molecule has 5 nitrogen and oxygen atoms in total. The molecule has 2 aromatic rings. The Hall–Kier alpha value is -1.59. The maximum atomic E-state index is 12.6. The van der Waals surface area contributed by atoms with Gasteiger partial charge in [0.25, 0.3) is 5.91 Å². The highest BCUT2D eigenvalue weighted by molar-refractivity contribution is 6.30. The van der Waals surface area contributed by atoms with Crippen molar-refractivity contribution in [3.63, 3.8) is 0 Å². The summed E-state index contributed by atoms with van der Waals surface area (Å²) in [5.74, 6) is 0.0263. The van der Waals surface area contributed by atoms with E-state index in [9.17, 15) is 4.79 Å². The predicted molar refractivity (Wildman–Crippen MR) is 89.9 cm³/mol. The molecule has 2 aromatic heterocycles. The lowest BCUT2D eigenvalue weighted by molar-refractivity contribution is 0.00893. The average molecular weight is 333 g/mol. The minimum absolute atomic E-state index is 0.0263. The van der Waals surface area contributed by atoms with E-state index in [0.717, 1.165) is 31.8 Å². The molecule has 2 aliphatic rings. The molecule has 0 unspecified atom stereocenters. The molecular weight excluding hydrogens is 312 g/mol. The molecule has 23 heavy (non-hydrogen) atoms. The fraction of sp³-hybridized carbons (Fsp3) is 0.529. The van der Waals surface area contributed by atoms with Crippen LogP contribution in [0.15, 0.2) is 24.5 Å². The van der Waals surface area contributed by atoms with E-state index in [0.29, 0.717) is 22.2 Å². The maximum Gasteiger partial charge on any atom is 0.274 e. The summed E-state index contributed by atoms with van der Waals surface area (Å²) < 4.78 is 1.81. The van der Waals surface area contributed by atoms with Crippen LogP contribution in [0, 0.1) is 5.41 Å². The van der Waals surface area contributed by atoms with Gasteiger partial charge in [0.2, 0.25) is 0 Å². The van der Waals surface area contributed by atoms with Gasteiger partial charge >= 0.3 is 0 Å². The van der Waals surface area contributed by atoms with Crippen LogP contribution < -0.4 is 0 Å². The zero-order valence-corrected chi connectivity index (χ0v) is 14.3. The second-order valence-electron chi connectivity index (χ2n) is 7.21. The van der Waals surface area contributed by atoms with Crippen molar-refractivity contribution in [2.75, 3.05) is 26.2 Å². The van der Waals surface area contributed by atoms with Crippen LogP contribution in [0.2, 0.25) is 5.02 Å². The van der Waals surface area contributed by atoms with Crippen LogP contribution in [0.25, 0.3) is 5.65 Å². The molecule has 0 radical (unpaired) electrons. The Balaban J connectivity index is 1.46. The number of halogens is 1. The number of pyridine rings is 1. The van der Waals surface area contributed by atoms with E-state index in [2.05, 4.69) is 23.7 Å². The molecule has 0 aliphatic carbocycles. The lowest BCUT2D eigenvalue weighted by Gasteiger charge is -2.48. The number of imidazole rings is 1. The summed E-state index contributed by atoms with van der Waals surface area (Å²) in [6, 6.07) is 4.20. The van der Waals surface area contributed by atoms with Gasteiger partial charge in [-0.15, -0.1) is 0 Å². The molecule has 0 bridgehead atoms. The van der Waals surface area contributed by atoms with Crippen LogP contribution in [0.4, 0.5) is 0 Å². The van der Waals surface area contributed by atoms with Crippen molar-refractivity contribution in [3.8, 4) is 0 Å². The first-order chi connectivity index (χ1) is 11.0. The van der Waals surface area contributed by atoms with E-state index in [1.54, 1.807) is 22.9 Å². The van der Waals surface area contributed by atoms with E-state index in [1.807, 2.05) is 11.0 Å². The highest BCUT2D eigenvalue weighted by atomic mass is 35.5. The van der Waals surface area contributed by atoms with Crippen LogP contribution in [0.1, 0.15) is 30.8 Å². The number of carbonyl (C=O) groups excluding carboxylic acids is 1. The summed E-state index contributed by atoms with van der Waals surface area (Å²) in [6.45, 7) is 8.43. The van der Waals surface area contributed by atoms with E-state index >= 15 is 0 Å². The smallest absolute Gasteiger partial charge is 0.274 e. The Labute approximate surface area is 140 Å². The average Bonchev–Trinajstić information content (AvgIpc) is 3.08. The summed E-state index contributed by atoms with van der Waals surface area (Å²) >= 11 is 5.98. The minimum Gasteiger partial charge on any atom is -0.336 e. The van der Waals surface area contributed by atoms with Crippen LogP contribution in [-0.4, -0.2) is 57.3 Å². The Morgan fingerprint density at radius 2 is 2.04 bits per heavy atom. The summed E-state index contributed by atoms with van der Waals surface area (Å²) in [6.07, 6.45) is 4.73. The monoisotopic (exact) mass is 332 g/mol. The third-order valence-corrected chi connectivity index (χ3v) is 5.40. The molecular formula is C17H21ClN4O. The van der Waals surface area contributed by atoms with E-state index in [-0.39, 0.29) is 5.91 Å². The number of likely N-dealkylation sites (tertiary alicyclic amines) is 2. The van der Waals surface area contributed by atoms with Gasteiger partial charge in [0.05, 0.1) is 5.02 Å². The molecule has 0 atom stereocenters. The number of amides is 1. The van der Waals surface area contributed by atoms with Gasteiger partial charge < -0.3 is 14.2 Å². The third kappa shape index (κ3) is 2.52. The molecule has 6 heteroatoms. The van der Waals surface area contributed by atoms with Crippen LogP contribution in [0.5, 0.6) is 0 Å². The van der Waals surface area contributed by atoms with E-state index in [4.69, 9.17) is 11.6 Å². The lowest BCUT2D eigenvalue weighted by Crippen LogP contribution is -2.59. The Bertz CT molecular complexity index is 763. The number of aromatic nitrogens is 2. The van der Waals surface area contributed by atoms with Crippen molar-refractivity contribution in [2.45, 2.75) is 26.3 Å². The fourth-order valence-corrected chi connectivity index (χ4v) is 3.97. The number of nitrogens with zero attached hydrogens (tertiary/aromatic N) is 4. The van der Waals surface area contributed by atoms with Gasteiger partial charge in [-0.3, -0.25) is 4.79 Å². The number of hydrogen-bond donors (Lipinski definition) is 0. The van der Waals surface area contributed by atoms with Crippen molar-refractivity contribution in [1.29, 1.82) is 0 Å². The lowest BCUT2D eigenvalue weighted by atomic mass is 9.79. The number of carbonyl (C=O) groups is 1. The first-order valence-corrected chi connectivity index (χ1v) is 8.51. The summed E-state index contributed by atoms with van der Waals surface area (Å²) in [7, 11) is 0. The number of rotatable bonds is 2. The molecule has 1 spiro atoms. The standard InChI is InChI=1S/C17H21ClN4O/c1-12(2)20-6-5-17(9-20)10-22(11-17)16(23)14-8-21-7-13(18)3-4-15(21)19-14/h3-4,7-8,12H,5-6,9-11H2,1-2H3. The van der Waals surface area contributed by atoms with Crippen molar-refractivity contribution >= 4 is 23.2 Å². The largest absolute Gasteiger partial charge is 0.336 e. The molecule has 1 amide bonds. The minimum atomic E-state index is 0.0263. The van der Waals surface area contributed by atoms with Crippen molar-refractivity contribution in [1.82, 2.24) is 19.2 Å². The normalized spacial score (nSPS) is 20.6. The molecule has 0 N–H and O–H groups in total. The summed E-state index contributed by atoms with van der Waals surface area (Å²) in [5, 5.41) is 0.636. The van der Waals surface area contributed by atoms with Gasteiger partial charge in [-0.1, -0.05) is 11.6 Å². The number of fused-ring (bicyclic) bond motifs is 1. The quantitative estimate of drug-likeness (QED) is 0.848. The highest BCUT2D eigenvalue weighted by Crippen LogP contribution is 2.40. The predicted octanol–water partition coefficient (Wildman–Crippen LogP) is 2.54. The van der Waals surface area contributed by atoms with Crippen molar-refractivity contribution in [3.05, 3.63) is 35.2 Å². The Kier molecular flexibility index (Phi) is 3.39.